The third-order valence-electron chi connectivity index (χ3n) is 2.99. The normalized spacial score (nSPS) is 16.9. The molecule has 2 N–H and O–H groups in total. The van der Waals surface area contributed by atoms with Crippen molar-refractivity contribution in [3.8, 4) is 5.75 Å². The van der Waals surface area contributed by atoms with Gasteiger partial charge in [0.1, 0.15) is 17.2 Å². The van der Waals surface area contributed by atoms with Gasteiger partial charge in [0.25, 0.3) is 0 Å². The van der Waals surface area contributed by atoms with Gasteiger partial charge in [0.2, 0.25) is 0 Å². The summed E-state index contributed by atoms with van der Waals surface area (Å²) in [6.45, 7) is 7.07. The van der Waals surface area contributed by atoms with Crippen molar-refractivity contribution in [2.45, 2.75) is 19.4 Å². The molecule has 4 nitrogen and oxygen atoms in total. The first-order valence-corrected chi connectivity index (χ1v) is 6.53. The highest BCUT2D eigenvalue weighted by Gasteiger charge is 2.31. The van der Waals surface area contributed by atoms with Crippen molar-refractivity contribution in [3.63, 3.8) is 0 Å². The topological polar surface area (TPSA) is 47.7 Å². The second-order valence-electron chi connectivity index (χ2n) is 5.30. The monoisotopic (exact) mass is 268 g/mol. The van der Waals surface area contributed by atoms with Gasteiger partial charge in [-0.05, 0) is 26.0 Å². The Morgan fingerprint density at radius 1 is 1.42 bits per heavy atom. The smallest absolute Gasteiger partial charge is 0.143 e. The fourth-order valence-electron chi connectivity index (χ4n) is 2.26. The molecule has 0 atom stereocenters. The molecule has 2 rings (SSSR count). The van der Waals surface area contributed by atoms with Gasteiger partial charge in [-0.2, -0.15) is 0 Å². The van der Waals surface area contributed by atoms with Gasteiger partial charge < -0.3 is 20.1 Å². The fraction of sp³-hybridized carbons (Fsp3) is 0.571. The largest absolute Gasteiger partial charge is 0.484 e. The van der Waals surface area contributed by atoms with E-state index in [2.05, 4.69) is 4.90 Å². The molecule has 0 aromatic heterocycles. The Morgan fingerprint density at radius 2 is 2.21 bits per heavy atom. The lowest BCUT2D eigenvalue weighted by atomic mass is 10.1. The number of halogens is 1. The number of hydrogen-bond donors (Lipinski definition) is 1. The molecule has 1 heterocycles. The van der Waals surface area contributed by atoms with Crippen LogP contribution in [0.1, 0.15) is 13.8 Å². The van der Waals surface area contributed by atoms with E-state index in [0.29, 0.717) is 32.8 Å². The Hall–Kier alpha value is -1.33. The molecule has 1 aromatic carbocycles. The molecule has 0 radical (unpaired) electrons. The Morgan fingerprint density at radius 3 is 2.95 bits per heavy atom. The number of nitrogens with two attached hydrogens (primary N) is 1. The second kappa shape index (κ2) is 5.75. The van der Waals surface area contributed by atoms with Gasteiger partial charge in [0.05, 0.1) is 25.4 Å². The summed E-state index contributed by atoms with van der Waals surface area (Å²) in [4.78, 5) is 2.10. The Bertz CT molecular complexity index is 437. The predicted octanol–water partition coefficient (Wildman–Crippen LogP) is 1.78. The molecule has 0 bridgehead atoms. The van der Waals surface area contributed by atoms with E-state index in [1.54, 1.807) is 6.07 Å². The van der Waals surface area contributed by atoms with Crippen molar-refractivity contribution in [3.05, 3.63) is 24.0 Å². The Labute approximate surface area is 113 Å². The van der Waals surface area contributed by atoms with Crippen molar-refractivity contribution < 1.29 is 13.9 Å². The predicted molar refractivity (Wildman–Crippen MR) is 73.2 cm³/mol. The molecule has 0 saturated heterocycles. The van der Waals surface area contributed by atoms with Crippen LogP contribution in [0.25, 0.3) is 0 Å². The van der Waals surface area contributed by atoms with Gasteiger partial charge in [-0.25, -0.2) is 4.39 Å². The number of ether oxygens (including phenoxy) is 2. The molecule has 106 valence electrons. The molecule has 19 heavy (non-hydrogen) atoms. The number of nitrogens with zero attached hydrogens (tertiary/aromatic N) is 1. The van der Waals surface area contributed by atoms with Crippen molar-refractivity contribution in [2.75, 3.05) is 37.7 Å². The van der Waals surface area contributed by atoms with Gasteiger partial charge in [-0.1, -0.05) is 0 Å². The Kier molecular flexibility index (Phi) is 4.27. The van der Waals surface area contributed by atoms with E-state index in [1.807, 2.05) is 13.8 Å². The van der Waals surface area contributed by atoms with E-state index in [0.717, 1.165) is 11.4 Å². The molecule has 1 aromatic rings. The molecular weight excluding hydrogens is 247 g/mol. The van der Waals surface area contributed by atoms with Crippen LogP contribution in [0.5, 0.6) is 5.75 Å². The highest BCUT2D eigenvalue weighted by atomic mass is 19.1. The van der Waals surface area contributed by atoms with Crippen molar-refractivity contribution in [1.29, 1.82) is 0 Å². The maximum atomic E-state index is 13.4. The fourth-order valence-corrected chi connectivity index (χ4v) is 2.26. The average Bonchev–Trinajstić information content (AvgIpc) is 2.34. The number of benzene rings is 1. The molecule has 0 spiro atoms. The van der Waals surface area contributed by atoms with Crippen molar-refractivity contribution in [2.24, 2.45) is 5.73 Å². The molecule has 0 unspecified atom stereocenters. The summed E-state index contributed by atoms with van der Waals surface area (Å²) < 4.78 is 24.6. The van der Waals surface area contributed by atoms with Gasteiger partial charge >= 0.3 is 0 Å². The standard InChI is InChI=1S/C14H21FN2O2/c1-14(2)10-17(6-8-18-7-5-16)12-9-11(15)3-4-13(12)19-14/h3-4,9H,5-8,10,16H2,1-2H3. The zero-order valence-corrected chi connectivity index (χ0v) is 11.5. The van der Waals surface area contributed by atoms with Crippen LogP contribution < -0.4 is 15.4 Å². The number of fused-ring (bicyclic) bond motifs is 1. The summed E-state index contributed by atoms with van der Waals surface area (Å²) >= 11 is 0. The van der Waals surface area contributed by atoms with E-state index in [-0.39, 0.29) is 11.4 Å². The van der Waals surface area contributed by atoms with Crippen LogP contribution in [0.3, 0.4) is 0 Å². The third-order valence-corrected chi connectivity index (χ3v) is 2.99. The zero-order chi connectivity index (χ0) is 13.9. The summed E-state index contributed by atoms with van der Waals surface area (Å²) in [5, 5.41) is 0. The van der Waals surface area contributed by atoms with Gasteiger partial charge in [-0.3, -0.25) is 0 Å². The van der Waals surface area contributed by atoms with E-state index in [4.69, 9.17) is 15.2 Å². The van der Waals surface area contributed by atoms with Crippen molar-refractivity contribution in [1.82, 2.24) is 0 Å². The zero-order valence-electron chi connectivity index (χ0n) is 11.5. The third kappa shape index (κ3) is 3.58. The van der Waals surface area contributed by atoms with Crippen molar-refractivity contribution >= 4 is 5.69 Å². The number of hydrogen-bond acceptors (Lipinski definition) is 4. The molecule has 5 heteroatoms. The maximum Gasteiger partial charge on any atom is 0.143 e. The van der Waals surface area contributed by atoms with Crippen LogP contribution in [0, 0.1) is 5.82 Å². The quantitative estimate of drug-likeness (QED) is 0.827. The highest BCUT2D eigenvalue weighted by Crippen LogP contribution is 2.37. The SMILES string of the molecule is CC1(C)CN(CCOCCN)c2cc(F)ccc2O1. The minimum absolute atomic E-state index is 0.255. The lowest BCUT2D eigenvalue weighted by molar-refractivity contribution is 0.0976. The minimum Gasteiger partial charge on any atom is -0.484 e. The van der Waals surface area contributed by atoms with Gasteiger partial charge in [0, 0.05) is 19.2 Å². The summed E-state index contributed by atoms with van der Waals surface area (Å²) in [7, 11) is 0. The first kappa shape index (κ1) is 14.1. The van der Waals surface area contributed by atoms with Gasteiger partial charge in [0.15, 0.2) is 0 Å². The second-order valence-corrected chi connectivity index (χ2v) is 5.30. The maximum absolute atomic E-state index is 13.4. The summed E-state index contributed by atoms with van der Waals surface area (Å²) in [6, 6.07) is 4.61. The van der Waals surface area contributed by atoms with Crippen LogP contribution in [-0.2, 0) is 4.74 Å². The van der Waals surface area contributed by atoms with Crippen LogP contribution in [-0.4, -0.2) is 38.4 Å². The van der Waals surface area contributed by atoms with Crippen LogP contribution in [0.15, 0.2) is 18.2 Å². The van der Waals surface area contributed by atoms with Crippen LogP contribution in [0.4, 0.5) is 10.1 Å². The summed E-state index contributed by atoms with van der Waals surface area (Å²) in [5.74, 6) is 0.464. The molecule has 1 aliphatic rings. The molecule has 0 saturated carbocycles. The highest BCUT2D eigenvalue weighted by molar-refractivity contribution is 5.60. The Balaban J connectivity index is 2.11. The number of anilines is 1. The van der Waals surface area contributed by atoms with Crippen LogP contribution in [0.2, 0.25) is 0 Å². The summed E-state index contributed by atoms with van der Waals surface area (Å²) in [6.07, 6.45) is 0. The van der Waals surface area contributed by atoms with E-state index < -0.39 is 0 Å². The van der Waals surface area contributed by atoms with E-state index >= 15 is 0 Å². The lowest BCUT2D eigenvalue weighted by Gasteiger charge is -2.40. The first-order valence-electron chi connectivity index (χ1n) is 6.53. The van der Waals surface area contributed by atoms with E-state index in [9.17, 15) is 4.39 Å². The number of rotatable bonds is 5. The van der Waals surface area contributed by atoms with Gasteiger partial charge in [-0.15, -0.1) is 0 Å². The molecule has 0 amide bonds. The average molecular weight is 268 g/mol. The molecule has 0 fully saturated rings. The molecule has 0 aliphatic carbocycles. The molecular formula is C14H21FN2O2. The van der Waals surface area contributed by atoms with E-state index in [1.165, 1.54) is 12.1 Å². The first-order chi connectivity index (χ1) is 9.02. The van der Waals surface area contributed by atoms with Crippen LogP contribution >= 0.6 is 0 Å². The lowest BCUT2D eigenvalue weighted by Crippen LogP contribution is -2.48. The minimum atomic E-state index is -0.293. The molecule has 1 aliphatic heterocycles. The summed E-state index contributed by atoms with van der Waals surface area (Å²) in [5.41, 5.74) is 5.87.